The van der Waals surface area contributed by atoms with Crippen molar-refractivity contribution in [3.63, 3.8) is 0 Å². The molecule has 144 valence electrons. The lowest BCUT2D eigenvalue weighted by molar-refractivity contribution is -0.123. The number of methoxy groups -OCH3 is 2. The first-order valence-electron chi connectivity index (χ1n) is 7.99. The predicted molar refractivity (Wildman–Crippen MR) is 112 cm³/mol. The fraction of sp³-hybridized carbons (Fsp3) is 0.263. The van der Waals surface area contributed by atoms with E-state index in [9.17, 15) is 4.79 Å². The number of nitrogens with zero attached hydrogens (tertiary/aromatic N) is 1. The van der Waals surface area contributed by atoms with E-state index < -0.39 is 0 Å². The quantitative estimate of drug-likeness (QED) is 0.451. The molecule has 8 heteroatoms. The van der Waals surface area contributed by atoms with Crippen LogP contribution in [0.5, 0.6) is 17.2 Å². The van der Waals surface area contributed by atoms with Gasteiger partial charge in [0.15, 0.2) is 6.61 Å². The molecule has 0 aliphatic rings. The minimum absolute atomic E-state index is 0.155. The minimum Gasteiger partial charge on any atom is -0.497 e. The van der Waals surface area contributed by atoms with Gasteiger partial charge >= 0.3 is 0 Å². The molecular formula is C19H20Br2N2O4. The van der Waals surface area contributed by atoms with Gasteiger partial charge in [-0.15, -0.1) is 0 Å². The average Bonchev–Trinajstić information content (AvgIpc) is 2.64. The Bertz CT molecular complexity index is 846. The van der Waals surface area contributed by atoms with Gasteiger partial charge in [-0.3, -0.25) is 4.79 Å². The molecule has 0 bridgehead atoms. The first kappa shape index (κ1) is 21.2. The number of amides is 1. The molecule has 0 aliphatic heterocycles. The maximum absolute atomic E-state index is 12.1. The van der Waals surface area contributed by atoms with Crippen LogP contribution in [0.25, 0.3) is 0 Å². The monoisotopic (exact) mass is 498 g/mol. The third-order valence-corrected chi connectivity index (χ3v) is 4.74. The average molecular weight is 500 g/mol. The van der Waals surface area contributed by atoms with Gasteiger partial charge in [-0.2, -0.15) is 5.10 Å². The van der Waals surface area contributed by atoms with E-state index in [1.807, 2.05) is 25.1 Å². The van der Waals surface area contributed by atoms with Gasteiger partial charge < -0.3 is 14.2 Å². The van der Waals surface area contributed by atoms with E-state index in [-0.39, 0.29) is 12.5 Å². The molecule has 0 saturated heterocycles. The summed E-state index contributed by atoms with van der Waals surface area (Å²) in [6.07, 6.45) is 0. The van der Waals surface area contributed by atoms with Crippen molar-refractivity contribution in [2.45, 2.75) is 13.8 Å². The summed E-state index contributed by atoms with van der Waals surface area (Å²) < 4.78 is 17.8. The van der Waals surface area contributed by atoms with Crippen LogP contribution in [0.4, 0.5) is 0 Å². The van der Waals surface area contributed by atoms with Gasteiger partial charge in [-0.25, -0.2) is 5.43 Å². The summed E-state index contributed by atoms with van der Waals surface area (Å²) in [6, 6.07) is 9.15. The zero-order valence-electron chi connectivity index (χ0n) is 15.4. The Morgan fingerprint density at radius 1 is 1.15 bits per heavy atom. The summed E-state index contributed by atoms with van der Waals surface area (Å²) in [7, 11) is 3.15. The molecule has 27 heavy (non-hydrogen) atoms. The van der Waals surface area contributed by atoms with Crippen LogP contribution in [-0.2, 0) is 4.79 Å². The number of hydrazone groups is 1. The topological polar surface area (TPSA) is 69.2 Å². The van der Waals surface area contributed by atoms with E-state index >= 15 is 0 Å². The molecule has 0 aromatic heterocycles. The Kier molecular flexibility index (Phi) is 7.67. The SMILES string of the molecule is COc1ccc(C(C)=NNC(=O)COc2c(C)cc(Br)cc2Br)c(OC)c1. The van der Waals surface area contributed by atoms with Crippen molar-refractivity contribution >= 4 is 43.5 Å². The summed E-state index contributed by atoms with van der Waals surface area (Å²) in [5, 5.41) is 4.13. The number of hydrogen-bond donors (Lipinski definition) is 1. The van der Waals surface area contributed by atoms with Crippen LogP contribution in [0.3, 0.4) is 0 Å². The normalized spacial score (nSPS) is 11.1. The summed E-state index contributed by atoms with van der Waals surface area (Å²) in [5.41, 5.74) is 4.76. The van der Waals surface area contributed by atoms with E-state index in [1.54, 1.807) is 33.3 Å². The molecule has 0 aliphatic carbocycles. The second kappa shape index (κ2) is 9.75. The van der Waals surface area contributed by atoms with Gasteiger partial charge in [-0.1, -0.05) is 15.9 Å². The van der Waals surface area contributed by atoms with Crippen LogP contribution in [0.2, 0.25) is 0 Å². The Morgan fingerprint density at radius 3 is 2.52 bits per heavy atom. The summed E-state index contributed by atoms with van der Waals surface area (Å²) in [6.45, 7) is 3.53. The standard InChI is InChI=1S/C19H20Br2N2O4/c1-11-7-13(20)8-16(21)19(11)27-10-18(24)23-22-12(2)15-6-5-14(25-3)9-17(15)26-4/h5-9H,10H2,1-4H3,(H,23,24). The van der Waals surface area contributed by atoms with Gasteiger partial charge in [0.25, 0.3) is 5.91 Å². The van der Waals surface area contributed by atoms with E-state index in [0.717, 1.165) is 20.1 Å². The number of nitrogens with one attached hydrogen (secondary N) is 1. The molecule has 0 spiro atoms. The highest BCUT2D eigenvalue weighted by atomic mass is 79.9. The number of carbonyl (C=O) groups excluding carboxylic acids is 1. The van der Waals surface area contributed by atoms with Crippen molar-refractivity contribution < 1.29 is 19.0 Å². The number of benzene rings is 2. The molecule has 1 amide bonds. The first-order chi connectivity index (χ1) is 12.8. The highest BCUT2D eigenvalue weighted by Crippen LogP contribution is 2.32. The third-order valence-electron chi connectivity index (χ3n) is 3.69. The number of aryl methyl sites for hydroxylation is 1. The molecule has 1 N–H and O–H groups in total. The van der Waals surface area contributed by atoms with Gasteiger partial charge in [-0.05, 0) is 59.6 Å². The maximum atomic E-state index is 12.1. The summed E-state index contributed by atoms with van der Waals surface area (Å²) in [5.74, 6) is 1.54. The van der Waals surface area contributed by atoms with Gasteiger partial charge in [0.05, 0.1) is 24.4 Å². The largest absolute Gasteiger partial charge is 0.497 e. The Morgan fingerprint density at radius 2 is 1.89 bits per heavy atom. The van der Waals surface area contributed by atoms with Crippen LogP contribution in [0.15, 0.2) is 44.4 Å². The van der Waals surface area contributed by atoms with E-state index in [4.69, 9.17) is 14.2 Å². The fourth-order valence-corrected chi connectivity index (χ4v) is 3.90. The highest BCUT2D eigenvalue weighted by molar-refractivity contribution is 9.11. The fourth-order valence-electron chi connectivity index (χ4n) is 2.35. The van der Waals surface area contributed by atoms with E-state index in [1.165, 1.54) is 0 Å². The molecular weight excluding hydrogens is 480 g/mol. The maximum Gasteiger partial charge on any atom is 0.277 e. The molecule has 0 atom stereocenters. The Balaban J connectivity index is 2.02. The van der Waals surface area contributed by atoms with Crippen molar-refractivity contribution in [3.8, 4) is 17.2 Å². The van der Waals surface area contributed by atoms with Crippen LogP contribution in [0, 0.1) is 6.92 Å². The number of halogens is 2. The Labute approximate surface area is 175 Å². The van der Waals surface area contributed by atoms with Crippen molar-refractivity contribution in [1.82, 2.24) is 5.43 Å². The second-order valence-corrected chi connectivity index (χ2v) is 7.39. The van der Waals surface area contributed by atoms with E-state index in [2.05, 4.69) is 42.4 Å². The van der Waals surface area contributed by atoms with Gasteiger partial charge in [0.2, 0.25) is 0 Å². The smallest absolute Gasteiger partial charge is 0.277 e. The number of carbonyl (C=O) groups is 1. The summed E-state index contributed by atoms with van der Waals surface area (Å²) in [4.78, 5) is 12.1. The summed E-state index contributed by atoms with van der Waals surface area (Å²) >= 11 is 6.84. The lowest BCUT2D eigenvalue weighted by Crippen LogP contribution is -2.26. The molecule has 0 saturated carbocycles. The van der Waals surface area contributed by atoms with Gasteiger partial charge in [0, 0.05) is 16.1 Å². The lowest BCUT2D eigenvalue weighted by atomic mass is 10.1. The van der Waals surface area contributed by atoms with Crippen LogP contribution >= 0.6 is 31.9 Å². The first-order valence-corrected chi connectivity index (χ1v) is 9.58. The van der Waals surface area contributed by atoms with Crippen molar-refractivity contribution in [1.29, 1.82) is 0 Å². The molecule has 0 radical (unpaired) electrons. The highest BCUT2D eigenvalue weighted by Gasteiger charge is 2.11. The molecule has 2 aromatic rings. The molecule has 2 aromatic carbocycles. The number of ether oxygens (including phenoxy) is 3. The van der Waals surface area contributed by atoms with Crippen molar-refractivity contribution in [2.75, 3.05) is 20.8 Å². The molecule has 0 unspecified atom stereocenters. The van der Waals surface area contributed by atoms with Crippen molar-refractivity contribution in [2.24, 2.45) is 5.10 Å². The minimum atomic E-state index is -0.365. The van der Waals surface area contributed by atoms with Gasteiger partial charge in [0.1, 0.15) is 17.2 Å². The third kappa shape index (κ3) is 5.71. The molecule has 0 heterocycles. The van der Waals surface area contributed by atoms with Crippen LogP contribution in [-0.4, -0.2) is 32.4 Å². The molecule has 0 fully saturated rings. The predicted octanol–water partition coefficient (Wildman–Crippen LogP) is 4.46. The molecule has 2 rings (SSSR count). The molecule has 6 nitrogen and oxygen atoms in total. The Hall–Kier alpha value is -2.06. The number of rotatable bonds is 7. The lowest BCUT2D eigenvalue weighted by Gasteiger charge is -2.12. The zero-order chi connectivity index (χ0) is 20.0. The van der Waals surface area contributed by atoms with E-state index in [0.29, 0.717) is 23.0 Å². The van der Waals surface area contributed by atoms with Crippen molar-refractivity contribution in [3.05, 3.63) is 50.4 Å². The van der Waals surface area contributed by atoms with Crippen LogP contribution < -0.4 is 19.6 Å². The second-order valence-electron chi connectivity index (χ2n) is 5.62. The number of hydrogen-bond acceptors (Lipinski definition) is 5. The zero-order valence-corrected chi connectivity index (χ0v) is 18.6. The van der Waals surface area contributed by atoms with Crippen LogP contribution in [0.1, 0.15) is 18.1 Å².